The standard InChI is InChI=1S/C16H11ClF6N2O4/c1-28-15-24-12(16(21,22)23)4-13(26)25(15)11-2-8(9(17)3-10(11)20)14(27)29-7(5-18)6-19/h2-4,7H,5-6H2,1H3. The minimum absolute atomic E-state index is 0.0940. The number of methoxy groups -OCH3 is 1. The van der Waals surface area contributed by atoms with Crippen LogP contribution < -0.4 is 10.3 Å². The topological polar surface area (TPSA) is 70.4 Å². The van der Waals surface area contributed by atoms with E-state index in [1.807, 2.05) is 0 Å². The van der Waals surface area contributed by atoms with Crippen molar-refractivity contribution in [2.75, 3.05) is 20.5 Å². The summed E-state index contributed by atoms with van der Waals surface area (Å²) >= 11 is 5.74. The van der Waals surface area contributed by atoms with Crippen molar-refractivity contribution in [2.45, 2.75) is 12.3 Å². The maximum Gasteiger partial charge on any atom is 0.433 e. The molecule has 0 radical (unpaired) electrons. The number of carbonyl (C=O) groups is 1. The summed E-state index contributed by atoms with van der Waals surface area (Å²) in [5, 5.41) is -0.528. The Kier molecular flexibility index (Phi) is 6.77. The van der Waals surface area contributed by atoms with Crippen LogP contribution in [0, 0.1) is 5.82 Å². The maximum atomic E-state index is 14.4. The number of nitrogens with zero attached hydrogens (tertiary/aromatic N) is 2. The molecule has 29 heavy (non-hydrogen) atoms. The molecule has 0 unspecified atom stereocenters. The number of rotatable bonds is 6. The Balaban J connectivity index is 2.64. The normalized spacial score (nSPS) is 11.6. The smallest absolute Gasteiger partial charge is 0.433 e. The predicted molar refractivity (Wildman–Crippen MR) is 87.5 cm³/mol. The molecule has 158 valence electrons. The average Bonchev–Trinajstić information content (AvgIpc) is 2.65. The monoisotopic (exact) mass is 444 g/mol. The zero-order valence-electron chi connectivity index (χ0n) is 14.4. The van der Waals surface area contributed by atoms with Crippen molar-refractivity contribution in [3.63, 3.8) is 0 Å². The second-order valence-electron chi connectivity index (χ2n) is 5.42. The van der Waals surface area contributed by atoms with Crippen LogP contribution in [0.5, 0.6) is 6.01 Å². The molecule has 0 fully saturated rings. The van der Waals surface area contributed by atoms with Gasteiger partial charge < -0.3 is 9.47 Å². The third kappa shape index (κ3) is 4.81. The van der Waals surface area contributed by atoms with Crippen LogP contribution in [0.15, 0.2) is 23.0 Å². The van der Waals surface area contributed by atoms with Gasteiger partial charge in [-0.15, -0.1) is 0 Å². The molecule has 0 amide bonds. The number of ether oxygens (including phenoxy) is 2. The Morgan fingerprint density at radius 2 is 1.86 bits per heavy atom. The minimum atomic E-state index is -4.98. The van der Waals surface area contributed by atoms with Gasteiger partial charge in [-0.1, -0.05) is 11.6 Å². The van der Waals surface area contributed by atoms with Crippen LogP contribution in [0.2, 0.25) is 5.02 Å². The van der Waals surface area contributed by atoms with Crippen molar-refractivity contribution in [1.29, 1.82) is 0 Å². The van der Waals surface area contributed by atoms with E-state index in [0.29, 0.717) is 16.7 Å². The molecule has 0 aliphatic rings. The molecule has 0 saturated heterocycles. The third-order valence-corrected chi connectivity index (χ3v) is 3.79. The molecule has 0 spiro atoms. The zero-order chi connectivity index (χ0) is 21.9. The van der Waals surface area contributed by atoms with Gasteiger partial charge in [-0.2, -0.15) is 18.2 Å². The summed E-state index contributed by atoms with van der Waals surface area (Å²) in [7, 11) is 0.883. The molecule has 0 N–H and O–H groups in total. The average molecular weight is 445 g/mol. The van der Waals surface area contributed by atoms with Crippen LogP contribution in [-0.4, -0.2) is 42.1 Å². The molecule has 1 aromatic carbocycles. The Labute approximate surface area is 163 Å². The van der Waals surface area contributed by atoms with Crippen molar-refractivity contribution in [2.24, 2.45) is 0 Å². The highest BCUT2D eigenvalue weighted by Crippen LogP contribution is 2.30. The van der Waals surface area contributed by atoms with Crippen molar-refractivity contribution < 1.29 is 40.6 Å². The maximum absolute atomic E-state index is 14.4. The molecular weight excluding hydrogens is 434 g/mol. The van der Waals surface area contributed by atoms with Crippen LogP contribution in [0.4, 0.5) is 26.3 Å². The van der Waals surface area contributed by atoms with E-state index in [1.54, 1.807) is 0 Å². The second-order valence-corrected chi connectivity index (χ2v) is 5.83. The minimum Gasteiger partial charge on any atom is -0.468 e. The van der Waals surface area contributed by atoms with Crippen molar-refractivity contribution in [1.82, 2.24) is 9.55 Å². The number of carbonyl (C=O) groups excluding carboxylic acids is 1. The molecule has 13 heteroatoms. The van der Waals surface area contributed by atoms with E-state index >= 15 is 0 Å². The lowest BCUT2D eigenvalue weighted by Crippen LogP contribution is -2.26. The summed E-state index contributed by atoms with van der Waals surface area (Å²) in [5.74, 6) is -2.57. The first kappa shape index (κ1) is 22.5. The second kappa shape index (κ2) is 8.72. The van der Waals surface area contributed by atoms with Gasteiger partial charge in [0.2, 0.25) is 0 Å². The SMILES string of the molecule is COc1nc(C(F)(F)F)cc(=O)n1-c1cc(C(=O)OC(CF)CF)c(Cl)cc1F. The predicted octanol–water partition coefficient (Wildman–Crippen LogP) is 3.52. The summed E-state index contributed by atoms with van der Waals surface area (Å²) in [4.78, 5) is 27.4. The summed E-state index contributed by atoms with van der Waals surface area (Å²) in [5.41, 5.74) is -4.31. The van der Waals surface area contributed by atoms with Gasteiger partial charge in [0.1, 0.15) is 19.2 Å². The molecule has 1 heterocycles. The van der Waals surface area contributed by atoms with Crippen LogP contribution in [-0.2, 0) is 10.9 Å². The molecular formula is C16H11ClF6N2O4. The molecule has 0 bridgehead atoms. The molecule has 1 aromatic heterocycles. The fourth-order valence-electron chi connectivity index (χ4n) is 2.15. The van der Waals surface area contributed by atoms with E-state index in [2.05, 4.69) is 14.5 Å². The number of alkyl halides is 5. The number of benzene rings is 1. The first-order chi connectivity index (χ1) is 13.5. The Morgan fingerprint density at radius 1 is 1.24 bits per heavy atom. The van der Waals surface area contributed by atoms with E-state index in [1.165, 1.54) is 0 Å². The Morgan fingerprint density at radius 3 is 2.38 bits per heavy atom. The van der Waals surface area contributed by atoms with Crippen LogP contribution in [0.3, 0.4) is 0 Å². The molecule has 0 saturated carbocycles. The van der Waals surface area contributed by atoms with E-state index in [-0.39, 0.29) is 6.07 Å². The summed E-state index contributed by atoms with van der Waals surface area (Å²) in [6.45, 7) is -2.69. The summed E-state index contributed by atoms with van der Waals surface area (Å²) in [6, 6.07) is 0.385. The first-order valence-corrected chi connectivity index (χ1v) is 7.98. The molecule has 0 aliphatic heterocycles. The summed E-state index contributed by atoms with van der Waals surface area (Å²) in [6.07, 6.45) is -6.72. The molecule has 0 aliphatic carbocycles. The lowest BCUT2D eigenvalue weighted by Gasteiger charge is -2.16. The first-order valence-electron chi connectivity index (χ1n) is 7.61. The highest BCUT2D eigenvalue weighted by atomic mass is 35.5. The largest absolute Gasteiger partial charge is 0.468 e. The number of halogens is 7. The molecule has 0 atom stereocenters. The number of aromatic nitrogens is 2. The van der Waals surface area contributed by atoms with E-state index < -0.39 is 71.0 Å². The summed E-state index contributed by atoms with van der Waals surface area (Å²) < 4.78 is 87.5. The Bertz CT molecular complexity index is 975. The van der Waals surface area contributed by atoms with Gasteiger partial charge in [0.05, 0.1) is 23.4 Å². The fraction of sp³-hybridized carbons (Fsp3) is 0.312. The van der Waals surface area contributed by atoms with Crippen LogP contribution in [0.1, 0.15) is 16.1 Å². The lowest BCUT2D eigenvalue weighted by molar-refractivity contribution is -0.141. The molecule has 2 rings (SSSR count). The van der Waals surface area contributed by atoms with E-state index in [4.69, 9.17) is 11.6 Å². The van der Waals surface area contributed by atoms with Crippen molar-refractivity contribution in [3.8, 4) is 11.7 Å². The Hall–Kier alpha value is -2.76. The lowest BCUT2D eigenvalue weighted by atomic mass is 10.2. The highest BCUT2D eigenvalue weighted by molar-refractivity contribution is 6.33. The molecule has 2 aromatic rings. The van der Waals surface area contributed by atoms with Gasteiger partial charge in [0.25, 0.3) is 5.56 Å². The van der Waals surface area contributed by atoms with Crippen molar-refractivity contribution >= 4 is 17.6 Å². The van der Waals surface area contributed by atoms with Gasteiger partial charge in [-0.3, -0.25) is 4.79 Å². The van der Waals surface area contributed by atoms with Gasteiger partial charge in [-0.25, -0.2) is 22.5 Å². The number of hydrogen-bond acceptors (Lipinski definition) is 5. The van der Waals surface area contributed by atoms with Gasteiger partial charge in [0, 0.05) is 6.07 Å². The zero-order valence-corrected chi connectivity index (χ0v) is 15.2. The fourth-order valence-corrected chi connectivity index (χ4v) is 2.38. The van der Waals surface area contributed by atoms with E-state index in [0.717, 1.165) is 7.11 Å². The quantitative estimate of drug-likeness (QED) is 0.504. The highest BCUT2D eigenvalue weighted by Gasteiger charge is 2.35. The van der Waals surface area contributed by atoms with Crippen LogP contribution in [0.25, 0.3) is 5.69 Å². The number of hydrogen-bond donors (Lipinski definition) is 0. The molecule has 6 nitrogen and oxygen atoms in total. The third-order valence-electron chi connectivity index (χ3n) is 3.48. The number of esters is 1. The van der Waals surface area contributed by atoms with Gasteiger partial charge in [-0.05, 0) is 12.1 Å². The van der Waals surface area contributed by atoms with Gasteiger partial charge in [0.15, 0.2) is 11.8 Å². The van der Waals surface area contributed by atoms with Gasteiger partial charge >= 0.3 is 18.2 Å². The van der Waals surface area contributed by atoms with E-state index in [9.17, 15) is 35.9 Å². The van der Waals surface area contributed by atoms with Crippen molar-refractivity contribution in [3.05, 3.63) is 50.7 Å². The van der Waals surface area contributed by atoms with Crippen LogP contribution >= 0.6 is 11.6 Å².